The quantitative estimate of drug-likeness (QED) is 0.333. The number of aliphatic hydroxyl groups excluding tert-OH is 1. The smallest absolute Gasteiger partial charge is 0.315 e. The van der Waals surface area contributed by atoms with Crippen LogP contribution in [0.5, 0.6) is 0 Å². The number of carbonyl (C=O) groups is 1. The molecule has 0 aliphatic rings. The molecule has 0 unspecified atom stereocenters. The van der Waals surface area contributed by atoms with Gasteiger partial charge in [0.1, 0.15) is 17.0 Å². The number of aliphatic hydroxyl groups is 1. The summed E-state index contributed by atoms with van der Waals surface area (Å²) in [6, 6.07) is 6.10. The number of benzene rings is 1. The fraction of sp³-hybridized carbons (Fsp3) is 0.250. The second-order valence-corrected chi connectivity index (χ2v) is 6.89. The molecule has 4 aromatic rings. The molecule has 0 aliphatic carbocycles. The van der Waals surface area contributed by atoms with Crippen molar-refractivity contribution in [2.45, 2.75) is 6.54 Å². The predicted molar refractivity (Wildman–Crippen MR) is 113 cm³/mol. The number of rotatable bonds is 6. The highest BCUT2D eigenvalue weighted by Crippen LogP contribution is 2.32. The standard InChI is InChI=1S/C20H22FN7O2/c1-22-19-16-17(28(2)10-25-16)14-8-15(26-18(14)27-19)12-5-11(6-13(21)7-12)9-24-20(30)23-3-4-29/h5-8,10,29H,3-4,9H2,1-2H3,(H2,22,26,27)(H2,23,24,30). The Bertz CT molecular complexity index is 1230. The molecule has 30 heavy (non-hydrogen) atoms. The molecule has 5 N–H and O–H groups in total. The van der Waals surface area contributed by atoms with Gasteiger partial charge in [0, 0.05) is 43.8 Å². The molecule has 9 nitrogen and oxygen atoms in total. The van der Waals surface area contributed by atoms with Crippen molar-refractivity contribution < 1.29 is 14.3 Å². The molecule has 3 heterocycles. The van der Waals surface area contributed by atoms with Gasteiger partial charge in [0.25, 0.3) is 0 Å². The number of nitrogens with one attached hydrogen (secondary N) is 4. The number of carbonyl (C=O) groups excluding carboxylic acids is 1. The van der Waals surface area contributed by atoms with Crippen LogP contribution in [0.15, 0.2) is 30.6 Å². The molecular weight excluding hydrogens is 389 g/mol. The van der Waals surface area contributed by atoms with E-state index in [1.165, 1.54) is 12.1 Å². The molecule has 0 radical (unpaired) electrons. The Morgan fingerprint density at radius 3 is 2.87 bits per heavy atom. The maximum atomic E-state index is 14.3. The average molecular weight is 411 g/mol. The largest absolute Gasteiger partial charge is 0.395 e. The van der Waals surface area contributed by atoms with Crippen LogP contribution in [0.1, 0.15) is 5.56 Å². The highest BCUT2D eigenvalue weighted by Gasteiger charge is 2.15. The number of urea groups is 1. The highest BCUT2D eigenvalue weighted by atomic mass is 19.1. The summed E-state index contributed by atoms with van der Waals surface area (Å²) in [5, 5.41) is 17.8. The lowest BCUT2D eigenvalue weighted by molar-refractivity contribution is 0.234. The van der Waals surface area contributed by atoms with Gasteiger partial charge < -0.3 is 30.6 Å². The van der Waals surface area contributed by atoms with E-state index in [1.54, 1.807) is 19.4 Å². The zero-order chi connectivity index (χ0) is 21.3. The van der Waals surface area contributed by atoms with Gasteiger partial charge in [-0.05, 0) is 29.8 Å². The molecule has 2 amide bonds. The van der Waals surface area contributed by atoms with Crippen LogP contribution in [0.3, 0.4) is 0 Å². The van der Waals surface area contributed by atoms with Crippen LogP contribution in [0.2, 0.25) is 0 Å². The lowest BCUT2D eigenvalue weighted by Crippen LogP contribution is -2.36. The van der Waals surface area contributed by atoms with Gasteiger partial charge in [0.15, 0.2) is 5.82 Å². The topological polar surface area (TPSA) is 120 Å². The van der Waals surface area contributed by atoms with Gasteiger partial charge in [-0.15, -0.1) is 0 Å². The third-order valence-corrected chi connectivity index (χ3v) is 4.79. The van der Waals surface area contributed by atoms with Gasteiger partial charge in [-0.2, -0.15) is 0 Å². The summed E-state index contributed by atoms with van der Waals surface area (Å²) in [6.45, 7) is 0.154. The molecule has 1 aromatic carbocycles. The first-order chi connectivity index (χ1) is 14.5. The third kappa shape index (κ3) is 3.64. The van der Waals surface area contributed by atoms with Crippen molar-refractivity contribution in [2.75, 3.05) is 25.5 Å². The van der Waals surface area contributed by atoms with Crippen LogP contribution in [0, 0.1) is 5.82 Å². The van der Waals surface area contributed by atoms with Gasteiger partial charge in [0.2, 0.25) is 0 Å². The normalized spacial score (nSPS) is 11.2. The van der Waals surface area contributed by atoms with Gasteiger partial charge in [0.05, 0.1) is 18.5 Å². The Labute approximate surface area is 171 Å². The van der Waals surface area contributed by atoms with E-state index < -0.39 is 11.8 Å². The number of aryl methyl sites for hydroxylation is 1. The average Bonchev–Trinajstić information content (AvgIpc) is 3.33. The molecule has 0 fully saturated rings. The SMILES string of the molecule is CNc1nc2[nH]c(-c3cc(F)cc(CNC(=O)NCCO)c3)cc2c2c1ncn2C. The molecule has 10 heteroatoms. The molecule has 3 aromatic heterocycles. The number of nitrogens with zero attached hydrogens (tertiary/aromatic N) is 3. The summed E-state index contributed by atoms with van der Waals surface area (Å²) in [6.07, 6.45) is 1.73. The number of fused-ring (bicyclic) bond motifs is 3. The molecule has 156 valence electrons. The Balaban J connectivity index is 1.70. The van der Waals surface area contributed by atoms with Crippen LogP contribution in [0.25, 0.3) is 33.3 Å². The van der Waals surface area contributed by atoms with E-state index in [0.29, 0.717) is 28.3 Å². The van der Waals surface area contributed by atoms with Crippen molar-refractivity contribution >= 4 is 33.9 Å². The maximum Gasteiger partial charge on any atom is 0.315 e. The number of imidazole rings is 1. The second kappa shape index (κ2) is 7.99. The van der Waals surface area contributed by atoms with E-state index in [4.69, 9.17) is 5.11 Å². The molecule has 0 bridgehead atoms. The molecule has 0 atom stereocenters. The Morgan fingerprint density at radius 2 is 2.10 bits per heavy atom. The Kier molecular flexibility index (Phi) is 5.23. The van der Waals surface area contributed by atoms with Crippen molar-refractivity contribution in [3.63, 3.8) is 0 Å². The number of hydrogen-bond donors (Lipinski definition) is 5. The van der Waals surface area contributed by atoms with Gasteiger partial charge in [-0.25, -0.2) is 19.2 Å². The molecule has 4 rings (SSSR count). The summed E-state index contributed by atoms with van der Waals surface area (Å²) in [7, 11) is 3.70. The Morgan fingerprint density at radius 1 is 1.27 bits per heavy atom. The first-order valence-corrected chi connectivity index (χ1v) is 9.44. The summed E-state index contributed by atoms with van der Waals surface area (Å²) >= 11 is 0. The van der Waals surface area contributed by atoms with Crippen LogP contribution in [-0.4, -0.2) is 50.9 Å². The van der Waals surface area contributed by atoms with E-state index in [2.05, 4.69) is 30.9 Å². The summed E-state index contributed by atoms with van der Waals surface area (Å²) in [4.78, 5) is 23.9. The number of H-pyrrole nitrogens is 1. The summed E-state index contributed by atoms with van der Waals surface area (Å²) in [5.41, 5.74) is 4.30. The van der Waals surface area contributed by atoms with Crippen molar-refractivity contribution in [3.05, 3.63) is 42.0 Å². The number of anilines is 1. The highest BCUT2D eigenvalue weighted by molar-refractivity contribution is 6.07. The van der Waals surface area contributed by atoms with Crippen LogP contribution in [-0.2, 0) is 13.6 Å². The maximum absolute atomic E-state index is 14.3. The lowest BCUT2D eigenvalue weighted by Gasteiger charge is -2.08. The second-order valence-electron chi connectivity index (χ2n) is 6.89. The summed E-state index contributed by atoms with van der Waals surface area (Å²) in [5.74, 6) is 0.248. The molecular formula is C20H22FN7O2. The van der Waals surface area contributed by atoms with Crippen LogP contribution >= 0.6 is 0 Å². The first kappa shape index (κ1) is 19.6. The monoisotopic (exact) mass is 411 g/mol. The van der Waals surface area contributed by atoms with E-state index in [9.17, 15) is 9.18 Å². The lowest BCUT2D eigenvalue weighted by atomic mass is 10.1. The van der Waals surface area contributed by atoms with E-state index >= 15 is 0 Å². The molecule has 0 saturated heterocycles. The zero-order valence-corrected chi connectivity index (χ0v) is 16.6. The first-order valence-electron chi connectivity index (χ1n) is 9.44. The fourth-order valence-corrected chi connectivity index (χ4v) is 3.45. The van der Waals surface area contributed by atoms with Gasteiger partial charge in [-0.3, -0.25) is 0 Å². The number of aromatic amines is 1. The van der Waals surface area contributed by atoms with Crippen molar-refractivity contribution in [1.82, 2.24) is 30.2 Å². The molecule has 0 saturated carbocycles. The predicted octanol–water partition coefficient (Wildman–Crippen LogP) is 2.09. The van der Waals surface area contributed by atoms with Crippen LogP contribution in [0.4, 0.5) is 15.0 Å². The number of pyridine rings is 1. The van der Waals surface area contributed by atoms with Crippen molar-refractivity contribution in [3.8, 4) is 11.3 Å². The molecule has 0 aliphatic heterocycles. The molecule has 0 spiro atoms. The summed E-state index contributed by atoms with van der Waals surface area (Å²) < 4.78 is 16.2. The minimum atomic E-state index is -0.428. The number of amides is 2. The number of halogens is 1. The minimum Gasteiger partial charge on any atom is -0.395 e. The Hall–Kier alpha value is -3.66. The van der Waals surface area contributed by atoms with E-state index in [0.717, 1.165) is 16.4 Å². The van der Waals surface area contributed by atoms with Gasteiger partial charge >= 0.3 is 6.03 Å². The minimum absolute atomic E-state index is 0.148. The zero-order valence-electron chi connectivity index (χ0n) is 16.6. The number of aromatic nitrogens is 4. The third-order valence-electron chi connectivity index (χ3n) is 4.79. The van der Waals surface area contributed by atoms with Crippen molar-refractivity contribution in [2.24, 2.45) is 7.05 Å². The van der Waals surface area contributed by atoms with E-state index in [1.807, 2.05) is 17.7 Å². The van der Waals surface area contributed by atoms with Crippen LogP contribution < -0.4 is 16.0 Å². The fourth-order valence-electron chi connectivity index (χ4n) is 3.45. The van der Waals surface area contributed by atoms with Crippen molar-refractivity contribution in [1.29, 1.82) is 0 Å². The van der Waals surface area contributed by atoms with Gasteiger partial charge in [-0.1, -0.05) is 0 Å². The van der Waals surface area contributed by atoms with E-state index in [-0.39, 0.29) is 19.7 Å². The number of hydrogen-bond acceptors (Lipinski definition) is 5.